The van der Waals surface area contributed by atoms with Crippen molar-refractivity contribution < 1.29 is 3.17 Å². The summed E-state index contributed by atoms with van der Waals surface area (Å²) in [5.41, 5.74) is 3.60. The molecule has 0 amide bonds. The molecule has 30 heavy (non-hydrogen) atoms. The van der Waals surface area contributed by atoms with E-state index in [0.717, 1.165) is 21.7 Å². The quantitative estimate of drug-likeness (QED) is 0.126. The molecular formula is C25H36N2OSSn. The Bertz CT molecular complexity index is 744. The average molecular weight is 531 g/mol. The van der Waals surface area contributed by atoms with Crippen molar-refractivity contribution in [3.05, 3.63) is 52.4 Å². The second-order valence-corrected chi connectivity index (χ2v) is 11.0. The van der Waals surface area contributed by atoms with Crippen LogP contribution in [0.5, 0.6) is 0 Å². The van der Waals surface area contributed by atoms with Gasteiger partial charge < -0.3 is 0 Å². The first-order valence-electron chi connectivity index (χ1n) is 11.2. The molecule has 5 heteroatoms. The summed E-state index contributed by atoms with van der Waals surface area (Å²) in [6, 6.07) is 10.3. The first-order chi connectivity index (χ1) is 14.7. The maximum atomic E-state index is 9.59. The fraction of sp³-hybridized carbons (Fsp3) is 0.520. The van der Waals surface area contributed by atoms with E-state index < -0.39 is 21.6 Å². The average Bonchev–Trinajstić information content (AvgIpc) is 3.22. The first-order valence-corrected chi connectivity index (χ1v) is 15.3. The van der Waals surface area contributed by atoms with Gasteiger partial charge >= 0.3 is 147 Å². The van der Waals surface area contributed by atoms with Crippen LogP contribution in [0.4, 0.5) is 0 Å². The minimum absolute atomic E-state index is 0.667. The number of nitriles is 1. The number of hydrogen-bond acceptors (Lipinski definition) is 4. The van der Waals surface area contributed by atoms with Crippen molar-refractivity contribution in [3.63, 3.8) is 0 Å². The van der Waals surface area contributed by atoms with Gasteiger partial charge in [0.2, 0.25) is 0 Å². The molecule has 1 aromatic rings. The van der Waals surface area contributed by atoms with Crippen LogP contribution in [0.3, 0.4) is 0 Å². The summed E-state index contributed by atoms with van der Waals surface area (Å²) in [4.78, 5) is 0. The molecular weight excluding hydrogens is 495 g/mol. The molecule has 162 valence electrons. The summed E-state index contributed by atoms with van der Waals surface area (Å²) >= 11 is 0.658. The van der Waals surface area contributed by atoms with Crippen LogP contribution in [-0.2, 0) is 3.17 Å². The Kier molecular flexibility index (Phi) is 15.6. The molecule has 2 rings (SSSR count). The van der Waals surface area contributed by atoms with Crippen LogP contribution in [0, 0.1) is 18.3 Å². The van der Waals surface area contributed by atoms with Crippen molar-refractivity contribution in [1.82, 2.24) is 0 Å². The minimum atomic E-state index is -0.864. The molecule has 1 aliphatic rings. The Morgan fingerprint density at radius 3 is 2.30 bits per heavy atom. The van der Waals surface area contributed by atoms with Crippen LogP contribution in [0.1, 0.15) is 83.3 Å². The molecule has 0 saturated carbocycles. The number of rotatable bonds is 11. The number of hydrogen-bond donors (Lipinski definition) is 0. The number of oxime groups is 1. The van der Waals surface area contributed by atoms with E-state index in [1.165, 1.54) is 67.6 Å². The molecule has 0 aromatic heterocycles. The molecule has 0 fully saturated rings. The second kappa shape index (κ2) is 17.5. The predicted molar refractivity (Wildman–Crippen MR) is 133 cm³/mol. The third-order valence-corrected chi connectivity index (χ3v) is 7.73. The zero-order chi connectivity index (χ0) is 22.0. The zero-order valence-electron chi connectivity index (χ0n) is 19.0. The van der Waals surface area contributed by atoms with Gasteiger partial charge in [-0.2, -0.15) is 0 Å². The van der Waals surface area contributed by atoms with Gasteiger partial charge in [0.1, 0.15) is 0 Å². The molecule has 0 bridgehead atoms. The zero-order valence-corrected chi connectivity index (χ0v) is 22.7. The van der Waals surface area contributed by atoms with Gasteiger partial charge in [0, 0.05) is 0 Å². The van der Waals surface area contributed by atoms with Crippen LogP contribution in [0.15, 0.2) is 46.5 Å². The topological polar surface area (TPSA) is 45.4 Å². The fourth-order valence-electron chi connectivity index (χ4n) is 2.90. The Labute approximate surface area is 198 Å². The van der Waals surface area contributed by atoms with Crippen molar-refractivity contribution in [2.75, 3.05) is 0 Å². The standard InChI is InChI=1S/C13H10N2OS.C8H18.C4H9.Sn/c1-9-4-2-3-5-10(9)12(8-14)11-6-7-17-13(11)15-16;1-3-5-7-8-6-4-2;1-3-4-2;/h2-7,16H,1H3;3-8H2,1-2H3;1,3-4H2,2H3;/q;;;+1/p-1/b12-11+,15-13-;;;. The van der Waals surface area contributed by atoms with E-state index in [9.17, 15) is 5.26 Å². The molecule has 3 nitrogen and oxygen atoms in total. The summed E-state index contributed by atoms with van der Waals surface area (Å²) in [6.07, 6.45) is 12.9. The van der Waals surface area contributed by atoms with Crippen LogP contribution in [0.2, 0.25) is 4.44 Å². The summed E-state index contributed by atoms with van der Waals surface area (Å²) in [7, 11) is 0. The van der Waals surface area contributed by atoms with Gasteiger partial charge in [-0.15, -0.1) is 0 Å². The van der Waals surface area contributed by atoms with Crippen LogP contribution < -0.4 is 0 Å². The van der Waals surface area contributed by atoms with E-state index in [-0.39, 0.29) is 0 Å². The number of nitrogens with zero attached hydrogens (tertiary/aromatic N) is 2. The summed E-state index contributed by atoms with van der Waals surface area (Å²) in [6.45, 7) is 8.72. The van der Waals surface area contributed by atoms with Crippen molar-refractivity contribution in [2.45, 2.75) is 83.5 Å². The third-order valence-electron chi connectivity index (χ3n) is 4.72. The summed E-state index contributed by atoms with van der Waals surface area (Å²) in [5, 5.41) is 16.6. The van der Waals surface area contributed by atoms with Gasteiger partial charge in [-0.1, -0.05) is 52.4 Å². The van der Waals surface area contributed by atoms with E-state index in [4.69, 9.17) is 3.17 Å². The molecule has 0 unspecified atom stereocenters. The van der Waals surface area contributed by atoms with E-state index in [1.807, 2.05) is 42.7 Å². The normalized spacial score (nSPS) is 15.5. The molecule has 0 N–H and O–H groups in total. The van der Waals surface area contributed by atoms with Gasteiger partial charge in [0.15, 0.2) is 0 Å². The molecule has 1 aliphatic heterocycles. The molecule has 2 radical (unpaired) electrons. The van der Waals surface area contributed by atoms with Gasteiger partial charge in [-0.3, -0.25) is 0 Å². The molecule has 1 aromatic carbocycles. The molecule has 0 saturated heterocycles. The Balaban J connectivity index is 0.000000479. The van der Waals surface area contributed by atoms with Gasteiger partial charge in [0.05, 0.1) is 0 Å². The SMILES string of the molecule is CCCCCCCC.CCC[CH2][Sn][O]/N=C1\SC=C\C1=C(\C#N)c1ccccc1C. The van der Waals surface area contributed by atoms with E-state index in [0.29, 0.717) is 5.57 Å². The molecule has 1 heterocycles. The third kappa shape index (κ3) is 10.2. The number of benzene rings is 1. The number of aryl methyl sites for hydroxylation is 1. The Morgan fingerprint density at radius 1 is 1.03 bits per heavy atom. The Hall–Kier alpha value is -1.19. The van der Waals surface area contributed by atoms with Crippen molar-refractivity contribution in [1.29, 1.82) is 5.26 Å². The second-order valence-electron chi connectivity index (χ2n) is 7.29. The van der Waals surface area contributed by atoms with Crippen molar-refractivity contribution >= 4 is 43.9 Å². The van der Waals surface area contributed by atoms with Crippen molar-refractivity contribution in [2.24, 2.45) is 5.16 Å². The first kappa shape index (κ1) is 26.8. The predicted octanol–water partition coefficient (Wildman–Crippen LogP) is 8.07. The monoisotopic (exact) mass is 532 g/mol. The summed E-state index contributed by atoms with van der Waals surface area (Å²) < 4.78 is 6.74. The molecule has 0 atom stereocenters. The van der Waals surface area contributed by atoms with E-state index in [2.05, 4.69) is 32.0 Å². The summed E-state index contributed by atoms with van der Waals surface area (Å²) in [5.74, 6) is 0. The molecule has 0 spiro atoms. The Morgan fingerprint density at radius 2 is 1.70 bits per heavy atom. The van der Waals surface area contributed by atoms with Gasteiger partial charge in [-0.05, 0) is 0 Å². The van der Waals surface area contributed by atoms with Crippen LogP contribution in [-0.4, -0.2) is 26.6 Å². The van der Waals surface area contributed by atoms with Crippen molar-refractivity contribution in [3.8, 4) is 6.07 Å². The van der Waals surface area contributed by atoms with Crippen LogP contribution >= 0.6 is 11.8 Å². The van der Waals surface area contributed by atoms with Gasteiger partial charge in [0.25, 0.3) is 0 Å². The number of allylic oxidation sites excluding steroid dienone is 2. The number of thioether (sulfide) groups is 1. The number of unbranched alkanes of at least 4 members (excludes halogenated alkanes) is 6. The van der Waals surface area contributed by atoms with E-state index in [1.54, 1.807) is 0 Å². The maximum absolute atomic E-state index is 9.59. The fourth-order valence-corrected chi connectivity index (χ4v) is 5.93. The van der Waals surface area contributed by atoms with E-state index >= 15 is 0 Å². The van der Waals surface area contributed by atoms with Gasteiger partial charge in [-0.25, -0.2) is 0 Å². The molecule has 0 aliphatic carbocycles. The van der Waals surface area contributed by atoms with Crippen LogP contribution in [0.25, 0.3) is 5.57 Å².